The van der Waals surface area contributed by atoms with Gasteiger partial charge in [0, 0.05) is 52.7 Å². The first-order chi connectivity index (χ1) is 20.8. The van der Waals surface area contributed by atoms with Crippen LogP contribution in [0, 0.1) is 6.92 Å². The molecule has 0 amide bonds. The van der Waals surface area contributed by atoms with Crippen molar-refractivity contribution in [1.29, 1.82) is 0 Å². The highest BCUT2D eigenvalue weighted by molar-refractivity contribution is 7.90. The molecular formula is C35H30ClN3O3S. The summed E-state index contributed by atoms with van der Waals surface area (Å²) in [5.74, 6) is 0. The highest BCUT2D eigenvalue weighted by Gasteiger charge is 2.26. The van der Waals surface area contributed by atoms with Gasteiger partial charge in [0.2, 0.25) is 0 Å². The molecule has 1 saturated heterocycles. The zero-order valence-corrected chi connectivity index (χ0v) is 25.3. The van der Waals surface area contributed by atoms with Crippen molar-refractivity contribution in [2.24, 2.45) is 0 Å². The van der Waals surface area contributed by atoms with Gasteiger partial charge in [-0.1, -0.05) is 47.0 Å². The van der Waals surface area contributed by atoms with Crippen LogP contribution in [0.1, 0.15) is 51.1 Å². The smallest absolute Gasteiger partial charge is 0.268 e. The molecule has 0 unspecified atom stereocenters. The molecule has 0 atom stereocenters. The molecule has 0 spiro atoms. The second-order valence-electron chi connectivity index (χ2n) is 11.3. The summed E-state index contributed by atoms with van der Waals surface area (Å²) in [5.41, 5.74) is 10.2. The van der Waals surface area contributed by atoms with Crippen LogP contribution >= 0.6 is 11.6 Å². The number of aryl methyl sites for hydroxylation is 3. The third-order valence-corrected chi connectivity index (χ3v) is 10.6. The summed E-state index contributed by atoms with van der Waals surface area (Å²) >= 11 is 6.39. The lowest BCUT2D eigenvalue weighted by Crippen LogP contribution is -2.31. The normalized spacial score (nSPS) is 15.3. The molecule has 2 aromatic heterocycles. The van der Waals surface area contributed by atoms with Crippen molar-refractivity contribution >= 4 is 50.1 Å². The maximum Gasteiger partial charge on any atom is 0.268 e. The number of carbonyl (C=O) groups excluding carboxylic acids is 1. The maximum absolute atomic E-state index is 13.5. The second kappa shape index (κ2) is 10.8. The predicted octanol–water partition coefficient (Wildman–Crippen LogP) is 7.25. The Kier molecular flexibility index (Phi) is 6.95. The number of aromatic nitrogens is 2. The summed E-state index contributed by atoms with van der Waals surface area (Å²) < 4.78 is 28.2. The first kappa shape index (κ1) is 27.6. The fourth-order valence-corrected chi connectivity index (χ4v) is 8.02. The molecule has 216 valence electrons. The zero-order valence-electron chi connectivity index (χ0n) is 23.8. The van der Waals surface area contributed by atoms with E-state index in [9.17, 15) is 13.2 Å². The molecule has 8 heteroatoms. The Hall–Kier alpha value is -4.20. The fraction of sp³-hybridized carbons (Fsp3) is 0.200. The van der Waals surface area contributed by atoms with E-state index in [4.69, 9.17) is 16.6 Å². The van der Waals surface area contributed by atoms with Crippen molar-refractivity contribution < 1.29 is 13.2 Å². The molecule has 1 aliphatic carbocycles. The Bertz CT molecular complexity index is 2040. The molecule has 3 heterocycles. The molecule has 5 aromatic rings. The van der Waals surface area contributed by atoms with Crippen molar-refractivity contribution in [3.8, 4) is 0 Å². The Morgan fingerprint density at radius 1 is 0.884 bits per heavy atom. The largest absolute Gasteiger partial charge is 0.371 e. The van der Waals surface area contributed by atoms with Crippen LogP contribution in [0.3, 0.4) is 0 Å². The minimum absolute atomic E-state index is 0.187. The lowest BCUT2D eigenvalue weighted by atomic mass is 9.88. The van der Waals surface area contributed by atoms with Crippen molar-refractivity contribution in [3.63, 3.8) is 0 Å². The van der Waals surface area contributed by atoms with Gasteiger partial charge in [-0.2, -0.15) is 0 Å². The van der Waals surface area contributed by atoms with Crippen molar-refractivity contribution in [1.82, 2.24) is 8.96 Å². The summed E-state index contributed by atoms with van der Waals surface area (Å²) in [5, 5.41) is 1.38. The minimum atomic E-state index is -3.86. The Morgan fingerprint density at radius 3 is 2.42 bits per heavy atom. The number of hydrogen-bond donors (Lipinski definition) is 0. The number of pyridine rings is 1. The standard InChI is InChI=1S/C35H30ClN3O3S/c1-23-4-10-30(11-5-23)43(41,42)39-21-27(22-40)32-20-29(9-13-33(32)39)38-17-14-24(15-18-38)34-31-12-8-28(36)19-26(31)7-6-25-3-2-16-37-35(25)34/h2-5,8-13,16,19-22H,6-7,14-15,17-18H2,1H3. The SMILES string of the molecule is Cc1ccc(S(=O)(=O)n2cc(C=O)c3cc(N4CCC(=C5c6ccc(Cl)cc6CCc6cccnc65)CC4)ccc32)cc1. The van der Waals surface area contributed by atoms with E-state index >= 15 is 0 Å². The van der Waals surface area contributed by atoms with E-state index in [1.54, 1.807) is 24.3 Å². The summed E-state index contributed by atoms with van der Waals surface area (Å²) in [6.07, 6.45) is 7.62. The average Bonchev–Trinajstić information content (AvgIpc) is 3.33. The molecule has 6 nitrogen and oxygen atoms in total. The van der Waals surface area contributed by atoms with Crippen LogP contribution in [0.15, 0.2) is 95.7 Å². The number of piperidine rings is 1. The van der Waals surface area contributed by atoms with E-state index < -0.39 is 10.0 Å². The Labute approximate surface area is 256 Å². The van der Waals surface area contributed by atoms with Gasteiger partial charge < -0.3 is 4.90 Å². The van der Waals surface area contributed by atoms with Crippen LogP contribution in [-0.2, 0) is 22.9 Å². The number of benzene rings is 3. The minimum Gasteiger partial charge on any atom is -0.371 e. The number of halogens is 1. The van der Waals surface area contributed by atoms with Crippen molar-refractivity contribution in [3.05, 3.63) is 129 Å². The van der Waals surface area contributed by atoms with Crippen molar-refractivity contribution in [2.75, 3.05) is 18.0 Å². The summed E-state index contributed by atoms with van der Waals surface area (Å²) in [7, 11) is -3.86. The molecule has 0 saturated carbocycles. The molecule has 0 radical (unpaired) electrons. The van der Waals surface area contributed by atoms with Gasteiger partial charge in [0.25, 0.3) is 10.0 Å². The Balaban J connectivity index is 1.23. The van der Waals surface area contributed by atoms with Crippen LogP contribution in [0.4, 0.5) is 5.69 Å². The number of rotatable bonds is 4. The lowest BCUT2D eigenvalue weighted by molar-refractivity contribution is 0.112. The summed E-state index contributed by atoms with van der Waals surface area (Å²) in [6, 6.07) is 22.8. The Morgan fingerprint density at radius 2 is 1.65 bits per heavy atom. The average molecular weight is 608 g/mol. The number of fused-ring (bicyclic) bond motifs is 3. The quantitative estimate of drug-likeness (QED) is 0.201. The van der Waals surface area contributed by atoms with Gasteiger partial charge >= 0.3 is 0 Å². The van der Waals surface area contributed by atoms with E-state index in [1.807, 2.05) is 43.5 Å². The van der Waals surface area contributed by atoms with Crippen LogP contribution in [-0.4, -0.2) is 36.7 Å². The van der Waals surface area contributed by atoms with Crippen LogP contribution in [0.25, 0.3) is 16.5 Å². The second-order valence-corrected chi connectivity index (χ2v) is 13.5. The molecule has 3 aromatic carbocycles. The summed E-state index contributed by atoms with van der Waals surface area (Å²) in [6.45, 7) is 3.51. The third-order valence-electron chi connectivity index (χ3n) is 8.70. The van der Waals surface area contributed by atoms with Gasteiger partial charge in [0.1, 0.15) is 0 Å². The highest BCUT2D eigenvalue weighted by Crippen LogP contribution is 2.39. The molecule has 1 fully saturated rings. The van der Waals surface area contributed by atoms with Gasteiger partial charge in [-0.15, -0.1) is 0 Å². The van der Waals surface area contributed by atoms with E-state index in [2.05, 4.69) is 23.1 Å². The number of carbonyl (C=O) groups is 1. The topological polar surface area (TPSA) is 72.3 Å². The predicted molar refractivity (Wildman–Crippen MR) is 172 cm³/mol. The number of anilines is 1. The zero-order chi connectivity index (χ0) is 29.7. The van der Waals surface area contributed by atoms with E-state index in [0.29, 0.717) is 16.5 Å². The van der Waals surface area contributed by atoms with Gasteiger partial charge in [0.15, 0.2) is 6.29 Å². The van der Waals surface area contributed by atoms with Crippen molar-refractivity contribution in [2.45, 2.75) is 37.5 Å². The maximum atomic E-state index is 13.5. The van der Waals surface area contributed by atoms with Gasteiger partial charge in [-0.25, -0.2) is 12.4 Å². The molecule has 2 aliphatic rings. The molecule has 1 aliphatic heterocycles. The van der Waals surface area contributed by atoms with Gasteiger partial charge in [0.05, 0.1) is 16.1 Å². The molecule has 43 heavy (non-hydrogen) atoms. The van der Waals surface area contributed by atoms with Crippen LogP contribution in [0.5, 0.6) is 0 Å². The molecule has 7 rings (SSSR count). The summed E-state index contributed by atoms with van der Waals surface area (Å²) in [4.78, 5) is 19.4. The highest BCUT2D eigenvalue weighted by atomic mass is 35.5. The molecule has 0 N–H and O–H groups in total. The van der Waals surface area contributed by atoms with E-state index in [0.717, 1.165) is 67.0 Å². The number of aldehydes is 1. The monoisotopic (exact) mass is 607 g/mol. The third kappa shape index (κ3) is 4.86. The lowest BCUT2D eigenvalue weighted by Gasteiger charge is -2.32. The van der Waals surface area contributed by atoms with Gasteiger partial charge in [-0.05, 0) is 97.8 Å². The van der Waals surface area contributed by atoms with Gasteiger partial charge in [-0.3, -0.25) is 9.78 Å². The van der Waals surface area contributed by atoms with Crippen LogP contribution in [0.2, 0.25) is 5.02 Å². The van der Waals surface area contributed by atoms with E-state index in [-0.39, 0.29) is 4.90 Å². The molecular weight excluding hydrogens is 578 g/mol. The van der Waals surface area contributed by atoms with Crippen LogP contribution < -0.4 is 4.90 Å². The number of nitrogens with zero attached hydrogens (tertiary/aromatic N) is 3. The first-order valence-electron chi connectivity index (χ1n) is 14.5. The fourth-order valence-electron chi connectivity index (χ4n) is 6.44. The number of hydrogen-bond acceptors (Lipinski definition) is 5. The first-order valence-corrected chi connectivity index (χ1v) is 16.3. The molecule has 0 bridgehead atoms. The van der Waals surface area contributed by atoms with E-state index in [1.165, 1.54) is 38.0 Å².